The molecule has 9 nitrogen and oxygen atoms in total. The molecule has 2 aromatic heterocycles. The predicted octanol–water partition coefficient (Wildman–Crippen LogP) is 0.196. The van der Waals surface area contributed by atoms with Gasteiger partial charge in [0.25, 0.3) is 0 Å². The molecule has 0 amide bonds. The lowest BCUT2D eigenvalue weighted by atomic mass is 10.2. The highest BCUT2D eigenvalue weighted by Crippen LogP contribution is 2.20. The second-order valence-corrected chi connectivity index (χ2v) is 3.89. The number of rotatable bonds is 2. The molecule has 100 valence electrons. The number of nitrogen functional groups attached to an aromatic ring is 1. The third-order valence-corrected chi connectivity index (χ3v) is 2.60. The van der Waals surface area contributed by atoms with E-state index in [9.17, 15) is 9.90 Å². The van der Waals surface area contributed by atoms with Crippen LogP contribution in [0.1, 0.15) is 10.4 Å². The third kappa shape index (κ3) is 1.77. The summed E-state index contributed by atoms with van der Waals surface area (Å²) in [5, 5.41) is 26.7. The molecule has 0 aliphatic rings. The summed E-state index contributed by atoms with van der Waals surface area (Å²) in [7, 11) is 0. The zero-order valence-electron chi connectivity index (χ0n) is 9.93. The van der Waals surface area contributed by atoms with Gasteiger partial charge >= 0.3 is 5.97 Å². The zero-order valence-corrected chi connectivity index (χ0v) is 9.93. The second-order valence-electron chi connectivity index (χ2n) is 3.89. The number of carboxylic acids is 1. The van der Waals surface area contributed by atoms with E-state index in [1.54, 1.807) is 12.1 Å². The van der Waals surface area contributed by atoms with Crippen LogP contribution < -0.4 is 5.73 Å². The molecular weight excluding hydrogens is 264 g/mol. The first-order valence-corrected chi connectivity index (χ1v) is 5.48. The average molecular weight is 272 g/mol. The van der Waals surface area contributed by atoms with Gasteiger partial charge in [-0.1, -0.05) is 12.1 Å². The topological polar surface area (TPSA) is 140 Å². The van der Waals surface area contributed by atoms with Crippen LogP contribution in [0, 0.1) is 0 Å². The Labute approximate surface area is 111 Å². The van der Waals surface area contributed by atoms with Crippen LogP contribution in [0.5, 0.6) is 5.88 Å². The number of para-hydroxylation sites is 1. The summed E-state index contributed by atoms with van der Waals surface area (Å²) in [6.07, 6.45) is 0. The van der Waals surface area contributed by atoms with E-state index in [4.69, 9.17) is 10.8 Å². The van der Waals surface area contributed by atoms with E-state index in [1.165, 1.54) is 12.1 Å². The van der Waals surface area contributed by atoms with E-state index in [0.717, 1.165) is 4.80 Å². The number of carboxylic acid groups (broad SMARTS) is 1. The van der Waals surface area contributed by atoms with E-state index in [-0.39, 0.29) is 28.4 Å². The quantitative estimate of drug-likeness (QED) is 0.600. The number of anilines is 1. The molecule has 1 aromatic carbocycles. The second kappa shape index (κ2) is 4.16. The highest BCUT2D eigenvalue weighted by atomic mass is 16.4. The number of hydrogen-bond donors (Lipinski definition) is 3. The van der Waals surface area contributed by atoms with Crippen LogP contribution >= 0.6 is 0 Å². The van der Waals surface area contributed by atoms with Crippen LogP contribution in [0.3, 0.4) is 0 Å². The Morgan fingerprint density at radius 3 is 2.70 bits per heavy atom. The van der Waals surface area contributed by atoms with Gasteiger partial charge in [-0.3, -0.25) is 0 Å². The number of aromatic hydroxyl groups is 1. The minimum atomic E-state index is -1.11. The van der Waals surface area contributed by atoms with E-state index < -0.39 is 11.8 Å². The minimum Gasteiger partial charge on any atom is -0.492 e. The smallest absolute Gasteiger partial charge is 0.337 e. The lowest BCUT2D eigenvalue weighted by molar-refractivity contribution is 0.0696. The van der Waals surface area contributed by atoms with Crippen molar-refractivity contribution in [2.75, 3.05) is 5.73 Å². The molecule has 0 bridgehead atoms. The highest BCUT2D eigenvalue weighted by Gasteiger charge is 2.16. The number of hydrogen-bond acceptors (Lipinski definition) is 7. The fourth-order valence-corrected chi connectivity index (χ4v) is 1.75. The van der Waals surface area contributed by atoms with Crippen molar-refractivity contribution in [3.05, 3.63) is 29.8 Å². The van der Waals surface area contributed by atoms with Gasteiger partial charge in [0.2, 0.25) is 17.5 Å². The summed E-state index contributed by atoms with van der Waals surface area (Å²) in [5.41, 5.74) is 5.79. The molecular formula is C11H8N6O3. The first kappa shape index (κ1) is 11.8. The van der Waals surface area contributed by atoms with Crippen molar-refractivity contribution in [1.82, 2.24) is 25.0 Å². The lowest BCUT2D eigenvalue weighted by Crippen LogP contribution is -2.07. The summed E-state index contributed by atoms with van der Waals surface area (Å²) < 4.78 is 0. The van der Waals surface area contributed by atoms with Gasteiger partial charge in [0.05, 0.1) is 5.56 Å². The normalized spacial score (nSPS) is 10.8. The molecule has 0 saturated carbocycles. The van der Waals surface area contributed by atoms with Gasteiger partial charge in [-0.15, -0.1) is 15.0 Å². The van der Waals surface area contributed by atoms with E-state index in [1.807, 2.05) is 0 Å². The monoisotopic (exact) mass is 272 g/mol. The summed E-state index contributed by atoms with van der Waals surface area (Å²) >= 11 is 0. The molecule has 0 aliphatic carbocycles. The maximum Gasteiger partial charge on any atom is 0.337 e. The summed E-state index contributed by atoms with van der Waals surface area (Å²) in [6, 6.07) is 6.20. The molecule has 9 heteroatoms. The van der Waals surface area contributed by atoms with Gasteiger partial charge in [-0.2, -0.15) is 9.97 Å². The van der Waals surface area contributed by atoms with Gasteiger partial charge < -0.3 is 15.9 Å². The molecule has 0 unspecified atom stereocenters. The molecule has 0 fully saturated rings. The van der Waals surface area contributed by atoms with Crippen LogP contribution in [0.25, 0.3) is 16.9 Å². The highest BCUT2D eigenvalue weighted by molar-refractivity contribution is 5.92. The maximum absolute atomic E-state index is 11.2. The van der Waals surface area contributed by atoms with Crippen LogP contribution in [-0.2, 0) is 0 Å². The Kier molecular flexibility index (Phi) is 2.46. The van der Waals surface area contributed by atoms with Crippen LogP contribution in [0.2, 0.25) is 0 Å². The SMILES string of the molecule is Nc1nc(O)c2nn(-c3ccccc3C(=O)O)nc2n1. The van der Waals surface area contributed by atoms with Gasteiger partial charge in [-0.25, -0.2) is 4.79 Å². The number of aromatic nitrogens is 5. The molecule has 3 rings (SSSR count). The number of aromatic carboxylic acids is 1. The van der Waals surface area contributed by atoms with Crippen molar-refractivity contribution in [3.8, 4) is 11.6 Å². The predicted molar refractivity (Wildman–Crippen MR) is 67.5 cm³/mol. The fourth-order valence-electron chi connectivity index (χ4n) is 1.75. The van der Waals surface area contributed by atoms with Gasteiger partial charge in [0, 0.05) is 0 Å². The largest absolute Gasteiger partial charge is 0.492 e. The number of nitrogens with zero attached hydrogens (tertiary/aromatic N) is 5. The molecule has 0 saturated heterocycles. The molecule has 4 N–H and O–H groups in total. The Bertz CT molecular complexity index is 828. The minimum absolute atomic E-state index is 0.0215. The fraction of sp³-hybridized carbons (Fsp3) is 0. The molecule has 0 spiro atoms. The molecule has 0 aliphatic heterocycles. The molecule has 20 heavy (non-hydrogen) atoms. The van der Waals surface area contributed by atoms with Crippen molar-refractivity contribution < 1.29 is 15.0 Å². The summed E-state index contributed by atoms with van der Waals surface area (Å²) in [4.78, 5) is 19.6. The number of nitrogens with two attached hydrogens (primary N) is 1. The summed E-state index contributed by atoms with van der Waals surface area (Å²) in [6.45, 7) is 0. The van der Waals surface area contributed by atoms with E-state index >= 15 is 0 Å². The van der Waals surface area contributed by atoms with Crippen molar-refractivity contribution >= 4 is 23.1 Å². The standard InChI is InChI=1S/C11H8N6O3/c12-11-13-8-7(9(18)14-11)15-17(16-8)6-4-2-1-3-5(6)10(19)20/h1-4H,(H,19,20)(H3,12,13,14,16,18). The zero-order chi connectivity index (χ0) is 14.3. The molecule has 3 aromatic rings. The van der Waals surface area contributed by atoms with Crippen LogP contribution in [0.15, 0.2) is 24.3 Å². The molecule has 0 radical (unpaired) electrons. The van der Waals surface area contributed by atoms with Crippen LogP contribution in [-0.4, -0.2) is 41.1 Å². The number of fused-ring (bicyclic) bond motifs is 1. The maximum atomic E-state index is 11.2. The first-order chi connectivity index (χ1) is 9.56. The third-order valence-electron chi connectivity index (χ3n) is 2.60. The first-order valence-electron chi connectivity index (χ1n) is 5.48. The van der Waals surface area contributed by atoms with Gasteiger partial charge in [0.15, 0.2) is 5.52 Å². The Morgan fingerprint density at radius 1 is 1.20 bits per heavy atom. The van der Waals surface area contributed by atoms with Crippen molar-refractivity contribution in [3.63, 3.8) is 0 Å². The van der Waals surface area contributed by atoms with Crippen LogP contribution in [0.4, 0.5) is 5.95 Å². The van der Waals surface area contributed by atoms with Crippen molar-refractivity contribution in [2.24, 2.45) is 0 Å². The Balaban J connectivity index is 2.26. The Hall–Kier alpha value is -3.23. The van der Waals surface area contributed by atoms with Gasteiger partial charge in [0.1, 0.15) is 5.69 Å². The number of carbonyl (C=O) groups is 1. The van der Waals surface area contributed by atoms with Gasteiger partial charge in [-0.05, 0) is 12.1 Å². The Morgan fingerprint density at radius 2 is 1.95 bits per heavy atom. The molecule has 0 atom stereocenters. The number of benzene rings is 1. The van der Waals surface area contributed by atoms with E-state index in [2.05, 4.69) is 20.2 Å². The van der Waals surface area contributed by atoms with Crippen molar-refractivity contribution in [1.29, 1.82) is 0 Å². The van der Waals surface area contributed by atoms with Crippen molar-refractivity contribution in [2.45, 2.75) is 0 Å². The average Bonchev–Trinajstić information content (AvgIpc) is 2.82. The van der Waals surface area contributed by atoms with E-state index in [0.29, 0.717) is 0 Å². The molecule has 2 heterocycles. The summed E-state index contributed by atoms with van der Waals surface area (Å²) in [5.74, 6) is -1.67. The lowest BCUT2D eigenvalue weighted by Gasteiger charge is -2.02.